The third-order valence-corrected chi connectivity index (χ3v) is 5.05. The summed E-state index contributed by atoms with van der Waals surface area (Å²) in [5.74, 6) is -2.50. The highest BCUT2D eigenvalue weighted by atomic mass is 19.4. The Morgan fingerprint density at radius 1 is 1.32 bits per heavy atom. The van der Waals surface area contributed by atoms with Crippen molar-refractivity contribution in [2.24, 2.45) is 0 Å². The van der Waals surface area contributed by atoms with Crippen molar-refractivity contribution < 1.29 is 37.1 Å². The number of aromatic nitrogens is 1. The fourth-order valence-electron chi connectivity index (χ4n) is 3.39. The second-order valence-electron chi connectivity index (χ2n) is 7.11. The SMILES string of the molecule is CN(C)C1CCOC2(CCN(C(=O)c3ccno3)CC2)C1.O=C(O)C(F)(F)F. The number of carbonyl (C=O) groups is 2. The number of rotatable bonds is 2. The van der Waals surface area contributed by atoms with Gasteiger partial charge in [-0.1, -0.05) is 5.16 Å². The van der Waals surface area contributed by atoms with Crippen molar-refractivity contribution in [3.05, 3.63) is 18.0 Å². The summed E-state index contributed by atoms with van der Waals surface area (Å²) in [5.41, 5.74) is -0.0502. The molecule has 1 aromatic rings. The molecule has 11 heteroatoms. The summed E-state index contributed by atoms with van der Waals surface area (Å²) in [6, 6.07) is 2.20. The highest BCUT2D eigenvalue weighted by molar-refractivity contribution is 5.91. The van der Waals surface area contributed by atoms with Gasteiger partial charge in [-0.05, 0) is 39.8 Å². The highest BCUT2D eigenvalue weighted by Gasteiger charge is 2.42. The second kappa shape index (κ2) is 8.91. The van der Waals surface area contributed by atoms with E-state index >= 15 is 0 Å². The Kier molecular flexibility index (Phi) is 7.05. The van der Waals surface area contributed by atoms with E-state index < -0.39 is 12.1 Å². The molecular formula is C17H24F3N3O5. The molecule has 3 rings (SSSR count). The van der Waals surface area contributed by atoms with Crippen LogP contribution in [0.15, 0.2) is 16.8 Å². The molecule has 0 saturated carbocycles. The van der Waals surface area contributed by atoms with Crippen LogP contribution in [0.1, 0.15) is 36.2 Å². The Morgan fingerprint density at radius 3 is 2.39 bits per heavy atom. The Morgan fingerprint density at radius 2 is 1.93 bits per heavy atom. The van der Waals surface area contributed by atoms with Gasteiger partial charge < -0.3 is 24.2 Å². The van der Waals surface area contributed by atoms with Crippen LogP contribution in [0.3, 0.4) is 0 Å². The van der Waals surface area contributed by atoms with Gasteiger partial charge in [0.1, 0.15) is 0 Å². The van der Waals surface area contributed by atoms with Gasteiger partial charge in [0.05, 0.1) is 11.8 Å². The lowest BCUT2D eigenvalue weighted by atomic mass is 9.82. The van der Waals surface area contributed by atoms with Crippen LogP contribution < -0.4 is 0 Å². The van der Waals surface area contributed by atoms with Gasteiger partial charge in [-0.25, -0.2) is 4.79 Å². The summed E-state index contributed by atoms with van der Waals surface area (Å²) in [5, 5.41) is 10.7. The van der Waals surface area contributed by atoms with Crippen molar-refractivity contribution in [1.82, 2.24) is 15.0 Å². The van der Waals surface area contributed by atoms with E-state index in [1.807, 2.05) is 4.90 Å². The molecule has 0 aliphatic carbocycles. The van der Waals surface area contributed by atoms with Gasteiger partial charge in [0.25, 0.3) is 5.91 Å². The standard InChI is InChI=1S/C15H23N3O3.C2HF3O2/c1-17(2)12-4-10-20-15(11-12)5-8-18(9-6-15)14(19)13-3-7-16-21-13;3-2(4,5)1(6)7/h3,7,12H,4-6,8-11H2,1-2H3;(H,6,7). The molecule has 2 aliphatic heterocycles. The molecule has 1 spiro atoms. The van der Waals surface area contributed by atoms with Crippen molar-refractivity contribution in [2.75, 3.05) is 33.8 Å². The Labute approximate surface area is 160 Å². The maximum atomic E-state index is 12.2. The number of carboxylic acid groups (broad SMARTS) is 1. The van der Waals surface area contributed by atoms with Crippen molar-refractivity contribution in [1.29, 1.82) is 0 Å². The van der Waals surface area contributed by atoms with E-state index in [9.17, 15) is 18.0 Å². The smallest absolute Gasteiger partial charge is 0.475 e. The first-order valence-corrected chi connectivity index (χ1v) is 8.84. The van der Waals surface area contributed by atoms with E-state index in [1.54, 1.807) is 6.07 Å². The quantitative estimate of drug-likeness (QED) is 0.801. The lowest BCUT2D eigenvalue weighted by Crippen LogP contribution is -2.53. The lowest BCUT2D eigenvalue weighted by molar-refractivity contribution is -0.192. The molecule has 2 fully saturated rings. The predicted octanol–water partition coefficient (Wildman–Crippen LogP) is 2.02. The number of halogens is 3. The molecule has 1 N–H and O–H groups in total. The molecule has 1 aromatic heterocycles. The number of amides is 1. The van der Waals surface area contributed by atoms with Crippen LogP contribution in [0.25, 0.3) is 0 Å². The largest absolute Gasteiger partial charge is 0.490 e. The first-order chi connectivity index (χ1) is 13.0. The second-order valence-corrected chi connectivity index (χ2v) is 7.11. The third kappa shape index (κ3) is 5.68. The molecule has 0 aromatic carbocycles. The topological polar surface area (TPSA) is 96.1 Å². The number of carboxylic acids is 1. The normalized spacial score (nSPS) is 21.9. The monoisotopic (exact) mass is 407 g/mol. The first kappa shape index (κ1) is 22.2. The van der Waals surface area contributed by atoms with E-state index in [-0.39, 0.29) is 11.5 Å². The molecule has 0 bridgehead atoms. The minimum atomic E-state index is -5.08. The van der Waals surface area contributed by atoms with Crippen LogP contribution in [0, 0.1) is 0 Å². The molecule has 158 valence electrons. The minimum absolute atomic E-state index is 0.0502. The Bertz CT molecular complexity index is 655. The van der Waals surface area contributed by atoms with Crippen LogP contribution in [0.4, 0.5) is 13.2 Å². The number of hydrogen-bond donors (Lipinski definition) is 1. The molecule has 8 nitrogen and oxygen atoms in total. The highest BCUT2D eigenvalue weighted by Crippen LogP contribution is 2.36. The fourth-order valence-corrected chi connectivity index (χ4v) is 3.39. The maximum absolute atomic E-state index is 12.2. The van der Waals surface area contributed by atoms with Crippen LogP contribution in [-0.2, 0) is 9.53 Å². The van der Waals surface area contributed by atoms with Crippen molar-refractivity contribution in [2.45, 2.75) is 43.5 Å². The van der Waals surface area contributed by atoms with E-state index in [1.165, 1.54) is 6.20 Å². The zero-order chi connectivity index (χ0) is 20.9. The number of alkyl halides is 3. The summed E-state index contributed by atoms with van der Waals surface area (Å²) in [4.78, 5) is 25.3. The summed E-state index contributed by atoms with van der Waals surface area (Å²) in [7, 11) is 4.26. The number of ether oxygens (including phenoxy) is 1. The number of hydrogen-bond acceptors (Lipinski definition) is 6. The molecule has 2 aliphatic rings. The molecule has 0 radical (unpaired) electrons. The molecule has 1 amide bonds. The van der Waals surface area contributed by atoms with Crippen molar-refractivity contribution in [3.63, 3.8) is 0 Å². The number of carbonyl (C=O) groups excluding carboxylic acids is 1. The summed E-state index contributed by atoms with van der Waals surface area (Å²) >= 11 is 0. The summed E-state index contributed by atoms with van der Waals surface area (Å²) < 4.78 is 42.8. The van der Waals surface area contributed by atoms with E-state index in [0.29, 0.717) is 11.8 Å². The zero-order valence-corrected chi connectivity index (χ0v) is 15.7. The van der Waals surface area contributed by atoms with Gasteiger partial charge in [0, 0.05) is 31.8 Å². The number of likely N-dealkylation sites (tertiary alicyclic amines) is 1. The molecule has 1 atom stereocenters. The number of piperidine rings is 1. The lowest BCUT2D eigenvalue weighted by Gasteiger charge is -2.47. The molecule has 28 heavy (non-hydrogen) atoms. The summed E-state index contributed by atoms with van der Waals surface area (Å²) in [6.07, 6.45) is 0.374. The fraction of sp³-hybridized carbons (Fsp3) is 0.706. The minimum Gasteiger partial charge on any atom is -0.475 e. The van der Waals surface area contributed by atoms with Gasteiger partial charge in [-0.3, -0.25) is 4.79 Å². The zero-order valence-electron chi connectivity index (χ0n) is 15.7. The average molecular weight is 407 g/mol. The molecule has 2 saturated heterocycles. The molecule has 1 unspecified atom stereocenters. The Hall–Kier alpha value is -2.14. The Balaban J connectivity index is 0.000000345. The molecule has 3 heterocycles. The average Bonchev–Trinajstić information content (AvgIpc) is 3.16. The van der Waals surface area contributed by atoms with E-state index in [0.717, 1.165) is 45.4 Å². The van der Waals surface area contributed by atoms with E-state index in [2.05, 4.69) is 24.2 Å². The van der Waals surface area contributed by atoms with Crippen LogP contribution in [0.5, 0.6) is 0 Å². The van der Waals surface area contributed by atoms with Gasteiger partial charge >= 0.3 is 12.1 Å². The molecular weight excluding hydrogens is 383 g/mol. The summed E-state index contributed by atoms with van der Waals surface area (Å²) in [6.45, 7) is 2.26. The van der Waals surface area contributed by atoms with Crippen molar-refractivity contribution >= 4 is 11.9 Å². The van der Waals surface area contributed by atoms with E-state index in [4.69, 9.17) is 19.2 Å². The van der Waals surface area contributed by atoms with Crippen LogP contribution >= 0.6 is 0 Å². The number of nitrogens with zero attached hydrogens (tertiary/aromatic N) is 3. The van der Waals surface area contributed by atoms with Crippen LogP contribution in [0.2, 0.25) is 0 Å². The van der Waals surface area contributed by atoms with Gasteiger partial charge in [-0.15, -0.1) is 0 Å². The van der Waals surface area contributed by atoms with Crippen molar-refractivity contribution in [3.8, 4) is 0 Å². The van der Waals surface area contributed by atoms with Crippen LogP contribution in [-0.4, -0.2) is 83.6 Å². The van der Waals surface area contributed by atoms with Gasteiger partial charge in [-0.2, -0.15) is 13.2 Å². The van der Waals surface area contributed by atoms with Gasteiger partial charge in [0.2, 0.25) is 5.76 Å². The number of aliphatic carboxylic acids is 1. The maximum Gasteiger partial charge on any atom is 0.490 e. The third-order valence-electron chi connectivity index (χ3n) is 5.05. The van der Waals surface area contributed by atoms with Gasteiger partial charge in [0.15, 0.2) is 0 Å². The predicted molar refractivity (Wildman–Crippen MR) is 90.7 cm³/mol. The first-order valence-electron chi connectivity index (χ1n) is 8.84.